The molecule has 0 N–H and O–H groups in total. The van der Waals surface area contributed by atoms with E-state index in [0.717, 1.165) is 29.4 Å². The van der Waals surface area contributed by atoms with Crippen LogP contribution in [0.25, 0.3) is 0 Å². The fourth-order valence-electron chi connectivity index (χ4n) is 1.85. The second kappa shape index (κ2) is 13.8. The summed E-state index contributed by atoms with van der Waals surface area (Å²) in [7, 11) is 0. The zero-order valence-corrected chi connectivity index (χ0v) is 22.5. The summed E-state index contributed by atoms with van der Waals surface area (Å²) in [5, 5.41) is 0. The Labute approximate surface area is 216 Å². The first-order valence-corrected chi connectivity index (χ1v) is 10.4. The standard InChI is InChI=1S/3C7H8S2.Mo/c3*1-5-2-3-6(8)7(9)4-5;/h3*2-4,8-9H,1H3;/p-6. The molecule has 150 valence electrons. The number of benzene rings is 3. The summed E-state index contributed by atoms with van der Waals surface area (Å²) in [5.74, 6) is 0. The first-order valence-electron chi connectivity index (χ1n) is 7.94. The summed E-state index contributed by atoms with van der Waals surface area (Å²) in [6, 6.07) is 17.3. The molecule has 28 heavy (non-hydrogen) atoms. The third-order valence-corrected chi connectivity index (χ3v) is 5.77. The van der Waals surface area contributed by atoms with Gasteiger partial charge in [-0.2, -0.15) is 29.4 Å². The summed E-state index contributed by atoms with van der Waals surface area (Å²) in [5.41, 5.74) is 3.52. The van der Waals surface area contributed by atoms with Crippen LogP contribution in [0.3, 0.4) is 0 Å². The van der Waals surface area contributed by atoms with Crippen LogP contribution < -0.4 is 0 Å². The summed E-state index contributed by atoms with van der Waals surface area (Å²) in [6.45, 7) is 6.01. The second-order valence-corrected chi connectivity index (χ2v) is 8.49. The largest absolute Gasteiger partial charge is 0.781 e. The van der Waals surface area contributed by atoms with Crippen molar-refractivity contribution in [1.29, 1.82) is 0 Å². The third kappa shape index (κ3) is 10.4. The molecule has 3 aromatic carbocycles. The number of hydrogen-bond donors (Lipinski definition) is 0. The molecule has 0 aliphatic heterocycles. The summed E-state index contributed by atoms with van der Waals surface area (Å²) in [6.07, 6.45) is 0. The van der Waals surface area contributed by atoms with Gasteiger partial charge in [0.15, 0.2) is 0 Å². The zero-order chi connectivity index (χ0) is 20.6. The Bertz CT molecular complexity index is 778. The predicted octanol–water partition coefficient (Wildman–Crippen LogP) is 5.42. The number of hydrogen-bond acceptors (Lipinski definition) is 6. The fraction of sp³-hybridized carbons (Fsp3) is 0.143. The van der Waals surface area contributed by atoms with Crippen molar-refractivity contribution in [2.75, 3.05) is 0 Å². The fourth-order valence-corrected chi connectivity index (χ4v) is 2.99. The van der Waals surface area contributed by atoms with E-state index in [9.17, 15) is 0 Å². The van der Waals surface area contributed by atoms with Gasteiger partial charge in [-0.05, 0) is 20.8 Å². The van der Waals surface area contributed by atoms with Gasteiger partial charge in [0.25, 0.3) is 0 Å². The van der Waals surface area contributed by atoms with Gasteiger partial charge in [-0.25, -0.2) is 0 Å². The van der Waals surface area contributed by atoms with Gasteiger partial charge in [-0.3, -0.25) is 0 Å². The van der Waals surface area contributed by atoms with Crippen LogP contribution >= 0.6 is 0 Å². The van der Waals surface area contributed by atoms with Gasteiger partial charge < -0.3 is 75.8 Å². The number of rotatable bonds is 0. The van der Waals surface area contributed by atoms with E-state index in [1.165, 1.54) is 16.7 Å². The van der Waals surface area contributed by atoms with Crippen LogP contribution in [0.1, 0.15) is 16.7 Å². The summed E-state index contributed by atoms with van der Waals surface area (Å²) in [4.78, 5) is 4.67. The smallest absolute Gasteiger partial charge is 0 e. The molecule has 0 amide bonds. The molecule has 7 heteroatoms. The maximum absolute atomic E-state index is 4.94. The van der Waals surface area contributed by atoms with Crippen LogP contribution in [0.5, 0.6) is 0 Å². The molecule has 0 aliphatic rings. The molecule has 3 rings (SSSR count). The van der Waals surface area contributed by atoms with Crippen molar-refractivity contribution in [3.63, 3.8) is 0 Å². The maximum Gasteiger partial charge on any atom is 0 e. The third-order valence-electron chi connectivity index (χ3n) is 3.30. The Morgan fingerprint density at radius 1 is 0.393 bits per heavy atom. The van der Waals surface area contributed by atoms with E-state index in [1.54, 1.807) is 0 Å². The minimum atomic E-state index is 0. The van der Waals surface area contributed by atoms with Crippen molar-refractivity contribution < 1.29 is 21.1 Å². The average Bonchev–Trinajstić information content (AvgIpc) is 2.60. The van der Waals surface area contributed by atoms with E-state index in [4.69, 9.17) is 75.8 Å². The molecule has 0 bridgehead atoms. The molecule has 0 aromatic heterocycles. The van der Waals surface area contributed by atoms with Crippen molar-refractivity contribution in [3.05, 3.63) is 71.3 Å². The quantitative estimate of drug-likeness (QED) is 0.265. The van der Waals surface area contributed by atoms with E-state index in [-0.39, 0.29) is 21.1 Å². The van der Waals surface area contributed by atoms with Crippen LogP contribution in [0.2, 0.25) is 0 Å². The first kappa shape index (κ1) is 27.7. The van der Waals surface area contributed by atoms with Gasteiger partial charge in [0.2, 0.25) is 0 Å². The van der Waals surface area contributed by atoms with E-state index < -0.39 is 0 Å². The molecule has 0 saturated heterocycles. The van der Waals surface area contributed by atoms with E-state index in [0.29, 0.717) is 0 Å². The SMILES string of the molecule is Cc1ccc([S-])c([S-])c1.Cc1ccc([S-])c([S-])c1.Cc1ccc([S-])c([S-])c1.[Mo]. The Kier molecular flexibility index (Phi) is 13.6. The predicted molar refractivity (Wildman–Crippen MR) is 127 cm³/mol. The number of aryl methyl sites for hydroxylation is 3. The molecule has 0 saturated carbocycles. The van der Waals surface area contributed by atoms with Crippen LogP contribution in [0.4, 0.5) is 0 Å². The topological polar surface area (TPSA) is 0 Å². The van der Waals surface area contributed by atoms with Crippen LogP contribution in [-0.4, -0.2) is 0 Å². The molecule has 0 aliphatic carbocycles. The minimum absolute atomic E-state index is 0. The van der Waals surface area contributed by atoms with Crippen LogP contribution in [0.15, 0.2) is 84.0 Å². The Balaban J connectivity index is 0.000000384. The Hall–Kier alpha value is -0.332. The van der Waals surface area contributed by atoms with Crippen molar-refractivity contribution >= 4 is 75.8 Å². The van der Waals surface area contributed by atoms with E-state index in [2.05, 4.69) is 0 Å². The van der Waals surface area contributed by atoms with Gasteiger partial charge in [-0.1, -0.05) is 71.3 Å². The molecule has 0 atom stereocenters. The molecule has 3 aromatic rings. The summed E-state index contributed by atoms with van der Waals surface area (Å²) >= 11 is 29.5. The Morgan fingerprint density at radius 2 is 0.607 bits per heavy atom. The average molecular weight is 559 g/mol. The summed E-state index contributed by atoms with van der Waals surface area (Å²) < 4.78 is 0. The molecule has 0 nitrogen and oxygen atoms in total. The van der Waals surface area contributed by atoms with Crippen molar-refractivity contribution in [2.45, 2.75) is 50.1 Å². The minimum Gasteiger partial charge on any atom is -0.781 e. The van der Waals surface area contributed by atoms with Gasteiger partial charge in [0.05, 0.1) is 0 Å². The van der Waals surface area contributed by atoms with Gasteiger partial charge in [-0.15, -0.1) is 0 Å². The molecule has 0 spiro atoms. The molecule has 0 fully saturated rings. The van der Waals surface area contributed by atoms with Crippen LogP contribution in [-0.2, 0) is 96.8 Å². The first-order chi connectivity index (χ1) is 12.6. The maximum atomic E-state index is 4.94. The van der Waals surface area contributed by atoms with Crippen molar-refractivity contribution in [1.82, 2.24) is 0 Å². The van der Waals surface area contributed by atoms with Gasteiger partial charge in [0, 0.05) is 21.1 Å². The second-order valence-electron chi connectivity index (χ2n) is 5.85. The van der Waals surface area contributed by atoms with Gasteiger partial charge in [0.1, 0.15) is 0 Å². The van der Waals surface area contributed by atoms with Gasteiger partial charge >= 0.3 is 0 Å². The molecular formula is C21H18MoS6-6. The molecule has 0 unspecified atom stereocenters. The van der Waals surface area contributed by atoms with Crippen LogP contribution in [0, 0.1) is 20.8 Å². The zero-order valence-electron chi connectivity index (χ0n) is 15.6. The van der Waals surface area contributed by atoms with Crippen molar-refractivity contribution in [3.8, 4) is 0 Å². The van der Waals surface area contributed by atoms with E-state index in [1.807, 2.05) is 75.4 Å². The molecular weight excluding hydrogens is 541 g/mol. The monoisotopic (exact) mass is 560 g/mol. The normalized spacial score (nSPS) is 9.11. The molecule has 0 heterocycles. The Morgan fingerprint density at radius 3 is 0.750 bits per heavy atom. The molecule has 0 radical (unpaired) electrons. The van der Waals surface area contributed by atoms with Crippen molar-refractivity contribution in [2.24, 2.45) is 0 Å². The van der Waals surface area contributed by atoms with E-state index >= 15 is 0 Å².